The van der Waals surface area contributed by atoms with Crippen molar-refractivity contribution in [2.24, 2.45) is 11.7 Å². The largest absolute Gasteiger partial charge is 0.370 e. The molecule has 1 aliphatic rings. The average molecular weight is 278 g/mol. The number of amides is 2. The van der Waals surface area contributed by atoms with Crippen molar-refractivity contribution in [2.45, 2.75) is 24.2 Å². The Morgan fingerprint density at radius 1 is 1.32 bits per heavy atom. The van der Waals surface area contributed by atoms with Crippen molar-refractivity contribution < 1.29 is 9.59 Å². The monoisotopic (exact) mass is 278 g/mol. The molecule has 5 heteroatoms. The van der Waals surface area contributed by atoms with Crippen LogP contribution in [0, 0.1) is 5.92 Å². The van der Waals surface area contributed by atoms with Crippen LogP contribution in [0.5, 0.6) is 0 Å². The molecule has 102 valence electrons. The van der Waals surface area contributed by atoms with E-state index >= 15 is 0 Å². The summed E-state index contributed by atoms with van der Waals surface area (Å²) < 4.78 is 0. The highest BCUT2D eigenvalue weighted by Gasteiger charge is 2.24. The van der Waals surface area contributed by atoms with Crippen LogP contribution >= 0.6 is 12.6 Å². The fraction of sp³-hybridized carbons (Fsp3) is 0.429. The summed E-state index contributed by atoms with van der Waals surface area (Å²) in [5.41, 5.74) is 5.86. The van der Waals surface area contributed by atoms with Gasteiger partial charge in [0.05, 0.1) is 0 Å². The van der Waals surface area contributed by atoms with E-state index in [2.05, 4.69) is 12.6 Å². The summed E-state index contributed by atoms with van der Waals surface area (Å²) in [6, 6.07) is 7.26. The molecular weight excluding hydrogens is 260 g/mol. The van der Waals surface area contributed by atoms with Gasteiger partial charge in [0.2, 0.25) is 5.91 Å². The average Bonchev–Trinajstić information content (AvgIpc) is 2.38. The van der Waals surface area contributed by atoms with Crippen LogP contribution in [-0.4, -0.2) is 29.8 Å². The predicted octanol–water partition coefficient (Wildman–Crippen LogP) is 1.70. The third kappa shape index (κ3) is 3.73. The third-order valence-corrected chi connectivity index (χ3v) is 3.76. The lowest BCUT2D eigenvalue weighted by molar-refractivity contribution is -0.119. The number of nitrogens with zero attached hydrogens (tertiary/aromatic N) is 1. The first-order valence-corrected chi connectivity index (χ1v) is 6.87. The summed E-state index contributed by atoms with van der Waals surface area (Å²) in [6.45, 7) is 1.38. The molecule has 0 unspecified atom stereocenters. The predicted molar refractivity (Wildman–Crippen MR) is 76.1 cm³/mol. The number of likely N-dealkylation sites (tertiary alicyclic amines) is 1. The minimum atomic E-state index is -0.257. The summed E-state index contributed by atoms with van der Waals surface area (Å²) in [7, 11) is 0. The van der Waals surface area contributed by atoms with Crippen molar-refractivity contribution in [1.29, 1.82) is 0 Å². The fourth-order valence-corrected chi connectivity index (χ4v) is 2.67. The summed E-state index contributed by atoms with van der Waals surface area (Å²) >= 11 is 4.24. The second kappa shape index (κ2) is 6.10. The molecule has 1 aliphatic heterocycles. The molecule has 0 spiro atoms. The van der Waals surface area contributed by atoms with E-state index in [1.54, 1.807) is 12.1 Å². The molecule has 0 aliphatic carbocycles. The topological polar surface area (TPSA) is 63.4 Å². The Kier molecular flexibility index (Phi) is 4.47. The van der Waals surface area contributed by atoms with Gasteiger partial charge >= 0.3 is 0 Å². The van der Waals surface area contributed by atoms with Gasteiger partial charge in [0.15, 0.2) is 0 Å². The van der Waals surface area contributed by atoms with E-state index < -0.39 is 0 Å². The summed E-state index contributed by atoms with van der Waals surface area (Å²) in [5, 5.41) is 0. The van der Waals surface area contributed by atoms with Gasteiger partial charge < -0.3 is 10.6 Å². The van der Waals surface area contributed by atoms with Gasteiger partial charge in [-0.05, 0) is 37.0 Å². The Bertz CT molecular complexity index is 482. The van der Waals surface area contributed by atoms with Crippen LogP contribution in [0.1, 0.15) is 29.6 Å². The molecule has 2 amide bonds. The molecule has 0 saturated carbocycles. The number of hydrogen-bond donors (Lipinski definition) is 2. The zero-order valence-corrected chi connectivity index (χ0v) is 11.6. The van der Waals surface area contributed by atoms with Gasteiger partial charge in [0, 0.05) is 30.0 Å². The Labute approximate surface area is 118 Å². The third-order valence-electron chi connectivity index (χ3n) is 3.48. The number of carbonyl (C=O) groups is 2. The number of hydrogen-bond acceptors (Lipinski definition) is 3. The Morgan fingerprint density at radius 2 is 2.00 bits per heavy atom. The SMILES string of the molecule is NC(=O)CC1CCN(C(=O)c2cccc(S)c2)CC1. The molecule has 0 atom stereocenters. The molecule has 19 heavy (non-hydrogen) atoms. The molecular formula is C14H18N2O2S. The highest BCUT2D eigenvalue weighted by molar-refractivity contribution is 7.80. The van der Waals surface area contributed by atoms with Crippen molar-refractivity contribution >= 4 is 24.4 Å². The first-order valence-electron chi connectivity index (χ1n) is 6.43. The molecule has 2 rings (SSSR count). The number of thiol groups is 1. The normalized spacial score (nSPS) is 16.4. The Balaban J connectivity index is 1.94. The number of piperidine rings is 1. The number of carbonyl (C=O) groups excluding carboxylic acids is 2. The Hall–Kier alpha value is -1.49. The van der Waals surface area contributed by atoms with E-state index in [1.165, 1.54) is 0 Å². The first kappa shape index (κ1) is 13.9. The van der Waals surface area contributed by atoms with Crippen molar-refractivity contribution in [3.05, 3.63) is 29.8 Å². The highest BCUT2D eigenvalue weighted by atomic mass is 32.1. The molecule has 0 radical (unpaired) electrons. The summed E-state index contributed by atoms with van der Waals surface area (Å²) in [6.07, 6.45) is 2.11. The van der Waals surface area contributed by atoms with Crippen molar-refractivity contribution in [3.63, 3.8) is 0 Å². The van der Waals surface area contributed by atoms with Gasteiger partial charge in [0.25, 0.3) is 5.91 Å². The van der Waals surface area contributed by atoms with Crippen LogP contribution < -0.4 is 5.73 Å². The zero-order chi connectivity index (χ0) is 13.8. The Morgan fingerprint density at radius 3 is 2.58 bits per heavy atom. The van der Waals surface area contributed by atoms with E-state index in [-0.39, 0.29) is 11.8 Å². The minimum Gasteiger partial charge on any atom is -0.370 e. The van der Waals surface area contributed by atoms with E-state index in [9.17, 15) is 9.59 Å². The van der Waals surface area contributed by atoms with Crippen LogP contribution in [0.25, 0.3) is 0 Å². The smallest absolute Gasteiger partial charge is 0.253 e. The van der Waals surface area contributed by atoms with Gasteiger partial charge in [-0.1, -0.05) is 6.07 Å². The van der Waals surface area contributed by atoms with Crippen LogP contribution in [-0.2, 0) is 4.79 Å². The number of benzene rings is 1. The highest BCUT2D eigenvalue weighted by Crippen LogP contribution is 2.22. The van der Waals surface area contributed by atoms with Gasteiger partial charge in [-0.3, -0.25) is 9.59 Å². The molecule has 1 aromatic carbocycles. The molecule has 1 aromatic rings. The zero-order valence-electron chi connectivity index (χ0n) is 10.7. The van der Waals surface area contributed by atoms with Crippen LogP contribution in [0.3, 0.4) is 0 Å². The molecule has 1 fully saturated rings. The number of rotatable bonds is 3. The lowest BCUT2D eigenvalue weighted by atomic mass is 9.93. The summed E-state index contributed by atoms with van der Waals surface area (Å²) in [4.78, 5) is 25.8. The molecule has 1 saturated heterocycles. The quantitative estimate of drug-likeness (QED) is 0.827. The van der Waals surface area contributed by atoms with E-state index in [4.69, 9.17) is 5.73 Å². The second-order valence-electron chi connectivity index (χ2n) is 4.96. The number of primary amides is 1. The molecule has 4 nitrogen and oxygen atoms in total. The molecule has 0 aromatic heterocycles. The number of nitrogens with two attached hydrogens (primary N) is 1. The van der Waals surface area contributed by atoms with Crippen LogP contribution in [0.15, 0.2) is 29.2 Å². The maximum Gasteiger partial charge on any atom is 0.253 e. The second-order valence-corrected chi connectivity index (χ2v) is 5.47. The molecule has 1 heterocycles. The van der Waals surface area contributed by atoms with Crippen LogP contribution in [0.4, 0.5) is 0 Å². The minimum absolute atomic E-state index is 0.0356. The standard InChI is InChI=1S/C14H18N2O2S/c15-13(17)8-10-4-6-16(7-5-10)14(18)11-2-1-3-12(19)9-11/h1-3,9-10,19H,4-8H2,(H2,15,17). The lowest BCUT2D eigenvalue weighted by Gasteiger charge is -2.31. The van der Waals surface area contributed by atoms with Gasteiger partial charge in [0.1, 0.15) is 0 Å². The summed E-state index contributed by atoms with van der Waals surface area (Å²) in [5.74, 6) is 0.0961. The van der Waals surface area contributed by atoms with Gasteiger partial charge in [-0.2, -0.15) is 0 Å². The lowest BCUT2D eigenvalue weighted by Crippen LogP contribution is -2.39. The van der Waals surface area contributed by atoms with Crippen LogP contribution in [0.2, 0.25) is 0 Å². The van der Waals surface area contributed by atoms with Crippen molar-refractivity contribution in [2.75, 3.05) is 13.1 Å². The molecule has 2 N–H and O–H groups in total. The fourth-order valence-electron chi connectivity index (χ4n) is 2.45. The maximum atomic E-state index is 12.3. The first-order chi connectivity index (χ1) is 9.06. The van der Waals surface area contributed by atoms with E-state index in [0.29, 0.717) is 31.0 Å². The van der Waals surface area contributed by atoms with E-state index in [1.807, 2.05) is 17.0 Å². The molecule has 0 bridgehead atoms. The van der Waals surface area contributed by atoms with E-state index in [0.717, 1.165) is 17.7 Å². The van der Waals surface area contributed by atoms with Gasteiger partial charge in [-0.25, -0.2) is 0 Å². The van der Waals surface area contributed by atoms with Gasteiger partial charge in [-0.15, -0.1) is 12.6 Å². The van der Waals surface area contributed by atoms with Crippen molar-refractivity contribution in [3.8, 4) is 0 Å². The maximum absolute atomic E-state index is 12.3. The van der Waals surface area contributed by atoms with Crippen molar-refractivity contribution in [1.82, 2.24) is 4.90 Å².